The van der Waals surface area contributed by atoms with Crippen LogP contribution in [0.25, 0.3) is 21.5 Å². The van der Waals surface area contributed by atoms with Crippen molar-refractivity contribution in [2.75, 3.05) is 0 Å². The minimum absolute atomic E-state index is 0.457. The van der Waals surface area contributed by atoms with Crippen LogP contribution in [-0.4, -0.2) is 16.1 Å². The van der Waals surface area contributed by atoms with Crippen molar-refractivity contribution >= 4 is 48.1 Å². The van der Waals surface area contributed by atoms with Gasteiger partial charge in [0.1, 0.15) is 16.1 Å². The summed E-state index contributed by atoms with van der Waals surface area (Å²) in [5.41, 5.74) is 16.2. The molecule has 11 rings (SSSR count). The third-order valence-corrected chi connectivity index (χ3v) is 20.7. The highest BCUT2D eigenvalue weighted by molar-refractivity contribution is 7.09. The van der Waals surface area contributed by atoms with E-state index in [1.54, 1.807) is 20.8 Å². The molecule has 2 aliphatic heterocycles. The maximum absolute atomic E-state index is 2.72. The summed E-state index contributed by atoms with van der Waals surface area (Å²) in [6.45, 7) is 10.4. The van der Waals surface area contributed by atoms with Gasteiger partial charge in [0.25, 0.3) is 0 Å². The third-order valence-electron chi connectivity index (χ3n) is 13.6. The van der Waals surface area contributed by atoms with Gasteiger partial charge in [-0.05, 0) is 99.7 Å². The molecule has 2 aliphatic carbocycles. The molecule has 7 aromatic rings. The van der Waals surface area contributed by atoms with E-state index in [0.717, 1.165) is 0 Å². The first-order valence-corrected chi connectivity index (χ1v) is 25.5. The lowest BCUT2D eigenvalue weighted by Crippen LogP contribution is -2.42. The normalized spacial score (nSPS) is 18.4. The van der Waals surface area contributed by atoms with E-state index in [2.05, 4.69) is 208 Å². The molecule has 0 atom stereocenters. The summed E-state index contributed by atoms with van der Waals surface area (Å²) in [7, 11) is -4.35. The van der Waals surface area contributed by atoms with Crippen molar-refractivity contribution in [3.63, 3.8) is 0 Å². The summed E-state index contributed by atoms with van der Waals surface area (Å²) in [6, 6.07) is 70.0. The van der Waals surface area contributed by atoms with Crippen LogP contribution in [0.4, 0.5) is 0 Å². The van der Waals surface area contributed by atoms with E-state index in [1.807, 2.05) is 0 Å². The standard InChI is InChI=1S/C52H42Si2/c1-53(2)45-31-19-17-29-39(45)47-49(53)41-33-44-42(34-43(41)51(47,35-21-9-5-10-22-35)36-23-11-6-12-24-36)50-48(40-30-18-20-32-46(40)54(50,3)4)52(44,37-25-13-7-14-26-37)38-27-15-8-16-28-38/h5-34H,1-4H3. The summed E-state index contributed by atoms with van der Waals surface area (Å²) < 4.78 is 0. The van der Waals surface area contributed by atoms with Gasteiger partial charge in [-0.1, -0.05) is 196 Å². The lowest BCUT2D eigenvalue weighted by atomic mass is 9.63. The van der Waals surface area contributed by atoms with Crippen LogP contribution in [0.3, 0.4) is 0 Å². The number of fused-ring (bicyclic) bond motifs is 8. The SMILES string of the molecule is C[Si]1(C)C2=C(c3ccccc31)C(c1ccccc1)(c1ccccc1)c1cc3c(cc12)C(c1ccccc1)(c1ccccc1)C1=C3[Si](C)(C)c2ccccc21. The Hall–Kier alpha value is -5.55. The van der Waals surface area contributed by atoms with Gasteiger partial charge in [0.05, 0.1) is 10.8 Å². The van der Waals surface area contributed by atoms with Crippen molar-refractivity contribution in [3.8, 4) is 0 Å². The molecule has 54 heavy (non-hydrogen) atoms. The Balaban J connectivity index is 1.36. The minimum Gasteiger partial charge on any atom is -0.0623 e. The fourth-order valence-corrected chi connectivity index (χ4v) is 18.5. The topological polar surface area (TPSA) is 0 Å². The predicted molar refractivity (Wildman–Crippen MR) is 233 cm³/mol. The molecule has 0 fully saturated rings. The van der Waals surface area contributed by atoms with Gasteiger partial charge >= 0.3 is 0 Å². The summed E-state index contributed by atoms with van der Waals surface area (Å²) >= 11 is 0. The van der Waals surface area contributed by atoms with Gasteiger partial charge < -0.3 is 0 Å². The summed E-state index contributed by atoms with van der Waals surface area (Å²) in [5.74, 6) is 0. The van der Waals surface area contributed by atoms with Crippen LogP contribution in [-0.2, 0) is 10.8 Å². The van der Waals surface area contributed by atoms with E-state index < -0.39 is 27.0 Å². The maximum Gasteiger partial charge on any atom is 0.114 e. The van der Waals surface area contributed by atoms with Crippen LogP contribution in [0.2, 0.25) is 26.2 Å². The molecule has 0 saturated carbocycles. The average molecular weight is 723 g/mol. The highest BCUT2D eigenvalue weighted by atomic mass is 28.3. The van der Waals surface area contributed by atoms with Crippen LogP contribution in [0, 0.1) is 0 Å². The van der Waals surface area contributed by atoms with Gasteiger partial charge in [-0.3, -0.25) is 0 Å². The van der Waals surface area contributed by atoms with Crippen LogP contribution >= 0.6 is 0 Å². The lowest BCUT2D eigenvalue weighted by Gasteiger charge is -2.39. The lowest BCUT2D eigenvalue weighted by molar-refractivity contribution is 0.798. The average Bonchev–Trinajstić information content (AvgIpc) is 3.86. The molecule has 0 nitrogen and oxygen atoms in total. The molecular formula is C52H42Si2. The fourth-order valence-electron chi connectivity index (χ4n) is 11.6. The molecule has 0 amide bonds. The van der Waals surface area contributed by atoms with Crippen molar-refractivity contribution in [2.24, 2.45) is 0 Å². The molecule has 4 aliphatic rings. The largest absolute Gasteiger partial charge is 0.114 e. The number of rotatable bonds is 4. The molecule has 0 unspecified atom stereocenters. The zero-order valence-electron chi connectivity index (χ0n) is 31.3. The van der Waals surface area contributed by atoms with Crippen LogP contribution in [0.15, 0.2) is 182 Å². The summed E-state index contributed by atoms with van der Waals surface area (Å²) in [4.78, 5) is 0. The molecular weight excluding hydrogens is 681 g/mol. The highest BCUT2D eigenvalue weighted by Gasteiger charge is 2.60. The van der Waals surface area contributed by atoms with Crippen molar-refractivity contribution in [2.45, 2.75) is 37.0 Å². The van der Waals surface area contributed by atoms with Gasteiger partial charge in [0, 0.05) is 0 Å². The zero-order chi connectivity index (χ0) is 36.5. The molecule has 0 N–H and O–H groups in total. The molecule has 0 bridgehead atoms. The molecule has 2 heterocycles. The smallest absolute Gasteiger partial charge is 0.0623 e. The predicted octanol–water partition coefficient (Wildman–Crippen LogP) is 11.1. The Labute approximate surface area is 321 Å². The van der Waals surface area contributed by atoms with E-state index in [-0.39, 0.29) is 0 Å². The molecule has 0 aromatic heterocycles. The van der Waals surface area contributed by atoms with Crippen LogP contribution < -0.4 is 10.4 Å². The Morgan fingerprint density at radius 2 is 0.593 bits per heavy atom. The van der Waals surface area contributed by atoms with Crippen molar-refractivity contribution in [1.82, 2.24) is 0 Å². The van der Waals surface area contributed by atoms with Crippen molar-refractivity contribution < 1.29 is 0 Å². The molecule has 2 heteroatoms. The minimum atomic E-state index is -2.17. The maximum atomic E-state index is 2.72. The second kappa shape index (κ2) is 11.0. The molecule has 258 valence electrons. The number of allylic oxidation sites excluding steroid dienone is 2. The Bertz CT molecular complexity index is 2460. The van der Waals surface area contributed by atoms with Crippen LogP contribution in [0.1, 0.15) is 55.6 Å². The first-order chi connectivity index (χ1) is 26.3. The van der Waals surface area contributed by atoms with Crippen molar-refractivity contribution in [3.05, 3.63) is 238 Å². The quantitative estimate of drug-likeness (QED) is 0.159. The van der Waals surface area contributed by atoms with Gasteiger partial charge in [-0.25, -0.2) is 0 Å². The van der Waals surface area contributed by atoms with E-state index >= 15 is 0 Å². The number of hydrogen-bond donors (Lipinski definition) is 0. The van der Waals surface area contributed by atoms with Crippen molar-refractivity contribution in [1.29, 1.82) is 0 Å². The highest BCUT2D eigenvalue weighted by Crippen LogP contribution is 2.67. The Morgan fingerprint density at radius 3 is 0.907 bits per heavy atom. The molecule has 0 saturated heterocycles. The second-order valence-electron chi connectivity index (χ2n) is 16.7. The Kier molecular flexibility index (Phi) is 6.51. The third kappa shape index (κ3) is 3.73. The zero-order valence-corrected chi connectivity index (χ0v) is 33.3. The number of hydrogen-bond acceptors (Lipinski definition) is 0. The summed E-state index contributed by atoms with van der Waals surface area (Å²) in [6.07, 6.45) is 0. The van der Waals surface area contributed by atoms with Gasteiger partial charge in [-0.15, -0.1) is 0 Å². The number of benzene rings is 7. The van der Waals surface area contributed by atoms with Gasteiger partial charge in [-0.2, -0.15) is 0 Å². The first kappa shape index (κ1) is 31.9. The van der Waals surface area contributed by atoms with Gasteiger partial charge in [0.15, 0.2) is 0 Å². The van der Waals surface area contributed by atoms with Gasteiger partial charge in [0.2, 0.25) is 0 Å². The first-order valence-electron chi connectivity index (χ1n) is 19.5. The molecule has 0 spiro atoms. The summed E-state index contributed by atoms with van der Waals surface area (Å²) in [5, 5.41) is 6.32. The van der Waals surface area contributed by atoms with E-state index in [1.165, 1.54) is 66.8 Å². The molecule has 0 radical (unpaired) electrons. The van der Waals surface area contributed by atoms with Crippen LogP contribution in [0.5, 0.6) is 0 Å². The fraction of sp³-hybridized carbons (Fsp3) is 0.115. The van der Waals surface area contributed by atoms with E-state index in [4.69, 9.17) is 0 Å². The molecule has 7 aromatic carbocycles. The van der Waals surface area contributed by atoms with E-state index in [0.29, 0.717) is 0 Å². The second-order valence-corrected chi connectivity index (χ2v) is 25.3. The Morgan fingerprint density at radius 1 is 0.315 bits per heavy atom. The monoisotopic (exact) mass is 722 g/mol. The van der Waals surface area contributed by atoms with E-state index in [9.17, 15) is 0 Å².